The molecule has 0 aliphatic carbocycles. The Balaban J connectivity index is 1.85. The van der Waals surface area contributed by atoms with Crippen LogP contribution < -0.4 is 10.6 Å². The van der Waals surface area contributed by atoms with Crippen molar-refractivity contribution in [1.82, 2.24) is 14.6 Å². The van der Waals surface area contributed by atoms with E-state index in [2.05, 4.69) is 32.9 Å². The standard InChI is InChI=1S/C20H12ClN7/c21-17-12-24-28-19(26-15-8-6-13(10-22)7-9-15)16(11-23)18(27-20(17)28)25-14-4-2-1-3-5-14/h1-9,12,26H,(H,25,27). The number of para-hydroxylation sites is 1. The van der Waals surface area contributed by atoms with Gasteiger partial charge in [0.1, 0.15) is 16.7 Å². The molecule has 0 amide bonds. The minimum Gasteiger partial charge on any atom is -0.339 e. The maximum Gasteiger partial charge on any atom is 0.178 e. The summed E-state index contributed by atoms with van der Waals surface area (Å²) in [6.07, 6.45) is 1.47. The normalized spacial score (nSPS) is 10.2. The highest BCUT2D eigenvalue weighted by molar-refractivity contribution is 6.33. The molecule has 0 spiro atoms. The quantitative estimate of drug-likeness (QED) is 0.531. The van der Waals surface area contributed by atoms with Gasteiger partial charge in [0.05, 0.1) is 17.8 Å². The lowest BCUT2D eigenvalue weighted by Crippen LogP contribution is -2.08. The van der Waals surface area contributed by atoms with Crippen LogP contribution in [0.1, 0.15) is 11.1 Å². The smallest absolute Gasteiger partial charge is 0.178 e. The second-order valence-electron chi connectivity index (χ2n) is 5.83. The van der Waals surface area contributed by atoms with Gasteiger partial charge in [0.15, 0.2) is 17.3 Å². The van der Waals surface area contributed by atoms with Gasteiger partial charge in [-0.3, -0.25) is 0 Å². The van der Waals surface area contributed by atoms with E-state index in [-0.39, 0.29) is 5.56 Å². The van der Waals surface area contributed by atoms with Gasteiger partial charge >= 0.3 is 0 Å². The van der Waals surface area contributed by atoms with E-state index in [0.29, 0.717) is 33.6 Å². The maximum atomic E-state index is 9.82. The number of rotatable bonds is 4. The van der Waals surface area contributed by atoms with E-state index in [1.165, 1.54) is 10.7 Å². The average Bonchev–Trinajstić information content (AvgIpc) is 3.10. The molecule has 0 radical (unpaired) electrons. The summed E-state index contributed by atoms with van der Waals surface area (Å²) in [5.74, 6) is 0.780. The Bertz CT molecular complexity index is 1230. The third kappa shape index (κ3) is 3.18. The maximum absolute atomic E-state index is 9.82. The highest BCUT2D eigenvalue weighted by Gasteiger charge is 2.18. The van der Waals surface area contributed by atoms with E-state index >= 15 is 0 Å². The van der Waals surface area contributed by atoms with Crippen LogP contribution in [0.25, 0.3) is 5.65 Å². The molecule has 0 atom stereocenters. The summed E-state index contributed by atoms with van der Waals surface area (Å²) in [7, 11) is 0. The highest BCUT2D eigenvalue weighted by atomic mass is 35.5. The van der Waals surface area contributed by atoms with Crippen molar-refractivity contribution >= 4 is 40.3 Å². The van der Waals surface area contributed by atoms with Crippen molar-refractivity contribution < 1.29 is 0 Å². The summed E-state index contributed by atoms with van der Waals surface area (Å²) in [5, 5.41) is 29.7. The van der Waals surface area contributed by atoms with E-state index in [9.17, 15) is 5.26 Å². The SMILES string of the molecule is N#Cc1ccc(Nc2c(C#N)c(Nc3ccccc3)nc3c(Cl)cnn23)cc1. The van der Waals surface area contributed by atoms with E-state index in [1.807, 2.05) is 30.3 Å². The van der Waals surface area contributed by atoms with Crippen LogP contribution >= 0.6 is 11.6 Å². The predicted molar refractivity (Wildman–Crippen MR) is 107 cm³/mol. The molecule has 2 heterocycles. The predicted octanol–water partition coefficient (Wildman–Crippen LogP) is 4.61. The molecule has 134 valence electrons. The molecule has 0 saturated carbocycles. The molecule has 2 N–H and O–H groups in total. The zero-order valence-electron chi connectivity index (χ0n) is 14.4. The van der Waals surface area contributed by atoms with Crippen LogP contribution in [0, 0.1) is 22.7 Å². The fraction of sp³-hybridized carbons (Fsp3) is 0. The first-order valence-electron chi connectivity index (χ1n) is 8.26. The molecule has 8 heteroatoms. The third-order valence-electron chi connectivity index (χ3n) is 4.03. The largest absolute Gasteiger partial charge is 0.339 e. The molecule has 0 unspecified atom stereocenters. The third-order valence-corrected chi connectivity index (χ3v) is 4.30. The van der Waals surface area contributed by atoms with Crippen molar-refractivity contribution in [3.05, 3.63) is 76.9 Å². The Hall–Kier alpha value is -4.07. The van der Waals surface area contributed by atoms with E-state index < -0.39 is 0 Å². The lowest BCUT2D eigenvalue weighted by Gasteiger charge is -2.14. The van der Waals surface area contributed by atoms with Crippen LogP contribution in [0.15, 0.2) is 60.8 Å². The number of nitrogens with one attached hydrogen (secondary N) is 2. The number of nitrogens with zero attached hydrogens (tertiary/aromatic N) is 5. The molecule has 0 fully saturated rings. The van der Waals surface area contributed by atoms with Crippen molar-refractivity contribution in [3.8, 4) is 12.1 Å². The molecule has 4 aromatic rings. The molecular weight excluding hydrogens is 374 g/mol. The molecule has 4 rings (SSSR count). The Labute approximate surface area is 165 Å². The van der Waals surface area contributed by atoms with Gasteiger partial charge in [-0.1, -0.05) is 29.8 Å². The average molecular weight is 386 g/mol. The minimum atomic E-state index is 0.278. The zero-order valence-corrected chi connectivity index (χ0v) is 15.1. The van der Waals surface area contributed by atoms with Gasteiger partial charge in [-0.25, -0.2) is 4.98 Å². The zero-order chi connectivity index (χ0) is 19.5. The van der Waals surface area contributed by atoms with Crippen LogP contribution in [0.3, 0.4) is 0 Å². The van der Waals surface area contributed by atoms with E-state index in [1.54, 1.807) is 24.3 Å². The first-order chi connectivity index (χ1) is 13.7. The number of aromatic nitrogens is 3. The molecular formula is C20H12ClN7. The molecule has 2 aromatic heterocycles. The lowest BCUT2D eigenvalue weighted by atomic mass is 10.2. The lowest BCUT2D eigenvalue weighted by molar-refractivity contribution is 0.944. The number of hydrogen-bond donors (Lipinski definition) is 2. The van der Waals surface area contributed by atoms with Crippen molar-refractivity contribution in [1.29, 1.82) is 10.5 Å². The second kappa shape index (κ2) is 7.28. The summed E-state index contributed by atoms with van der Waals surface area (Å²) in [4.78, 5) is 4.48. The highest BCUT2D eigenvalue weighted by Crippen LogP contribution is 2.30. The van der Waals surface area contributed by atoms with Gasteiger partial charge in [-0.2, -0.15) is 20.1 Å². The van der Waals surface area contributed by atoms with Gasteiger partial charge < -0.3 is 10.6 Å². The van der Waals surface area contributed by atoms with E-state index in [0.717, 1.165) is 5.69 Å². The summed E-state index contributed by atoms with van der Waals surface area (Å²) >= 11 is 6.24. The molecule has 0 bridgehead atoms. The molecule has 2 aromatic carbocycles. The number of halogens is 1. The molecule has 0 aliphatic heterocycles. The monoisotopic (exact) mass is 385 g/mol. The Morgan fingerprint density at radius 1 is 0.893 bits per heavy atom. The first kappa shape index (κ1) is 17.3. The summed E-state index contributed by atoms with van der Waals surface area (Å²) in [6, 6.07) is 20.6. The van der Waals surface area contributed by atoms with Gasteiger partial charge in [-0.05, 0) is 36.4 Å². The van der Waals surface area contributed by atoms with Crippen molar-refractivity contribution in [2.75, 3.05) is 10.6 Å². The van der Waals surface area contributed by atoms with E-state index in [4.69, 9.17) is 16.9 Å². The van der Waals surface area contributed by atoms with Crippen molar-refractivity contribution in [2.24, 2.45) is 0 Å². The fourth-order valence-electron chi connectivity index (χ4n) is 2.70. The number of benzene rings is 2. The molecule has 0 saturated heterocycles. The van der Waals surface area contributed by atoms with Crippen molar-refractivity contribution in [2.45, 2.75) is 0 Å². The molecule has 7 nitrogen and oxygen atoms in total. The van der Waals surface area contributed by atoms with Crippen LogP contribution in [0.5, 0.6) is 0 Å². The summed E-state index contributed by atoms with van der Waals surface area (Å²) in [6.45, 7) is 0. The number of hydrogen-bond acceptors (Lipinski definition) is 6. The second-order valence-corrected chi connectivity index (χ2v) is 6.24. The van der Waals surface area contributed by atoms with Crippen molar-refractivity contribution in [3.63, 3.8) is 0 Å². The Kier molecular flexibility index (Phi) is 4.51. The summed E-state index contributed by atoms with van der Waals surface area (Å²) in [5.41, 5.74) is 2.71. The van der Waals surface area contributed by atoms with Crippen LogP contribution in [-0.4, -0.2) is 14.6 Å². The number of nitriles is 2. The van der Waals surface area contributed by atoms with Crippen LogP contribution in [-0.2, 0) is 0 Å². The first-order valence-corrected chi connectivity index (χ1v) is 8.64. The molecule has 0 aliphatic rings. The minimum absolute atomic E-state index is 0.278. The molecule has 28 heavy (non-hydrogen) atoms. The van der Waals surface area contributed by atoms with Gasteiger partial charge in [0, 0.05) is 11.4 Å². The van der Waals surface area contributed by atoms with Crippen LogP contribution in [0.4, 0.5) is 23.0 Å². The fourth-order valence-corrected chi connectivity index (χ4v) is 2.87. The van der Waals surface area contributed by atoms with Crippen LogP contribution in [0.2, 0.25) is 5.02 Å². The van der Waals surface area contributed by atoms with Gasteiger partial charge in [0.25, 0.3) is 0 Å². The van der Waals surface area contributed by atoms with Gasteiger partial charge in [0.2, 0.25) is 0 Å². The number of anilines is 4. The summed E-state index contributed by atoms with van der Waals surface area (Å²) < 4.78 is 1.48. The Morgan fingerprint density at radius 3 is 2.29 bits per heavy atom. The Morgan fingerprint density at radius 2 is 1.61 bits per heavy atom. The van der Waals surface area contributed by atoms with Gasteiger partial charge in [-0.15, -0.1) is 0 Å². The number of fused-ring (bicyclic) bond motifs is 1. The topological polar surface area (TPSA) is 102 Å².